The number of hydrogen-bond donors (Lipinski definition) is 4. The van der Waals surface area contributed by atoms with Gasteiger partial charge in [-0.3, -0.25) is 39.4 Å². The molecular formula is C26H28N4O8. The minimum Gasteiger partial charge on any atom is -0.468 e. The number of benzene rings is 2. The Morgan fingerprint density at radius 1 is 0.684 bits per heavy atom. The number of nitrogens with one attached hydrogen (secondary N) is 4. The predicted octanol–water partition coefficient (Wildman–Crippen LogP) is 0.641. The van der Waals surface area contributed by atoms with Crippen molar-refractivity contribution in [2.75, 3.05) is 37.9 Å². The summed E-state index contributed by atoms with van der Waals surface area (Å²) < 4.78 is 9.21. The molecule has 38 heavy (non-hydrogen) atoms. The molecule has 2 aromatic rings. The lowest BCUT2D eigenvalue weighted by Gasteiger charge is -2.23. The van der Waals surface area contributed by atoms with Crippen molar-refractivity contribution in [3.63, 3.8) is 0 Å². The van der Waals surface area contributed by atoms with Crippen LogP contribution in [-0.4, -0.2) is 74.7 Å². The second-order valence-electron chi connectivity index (χ2n) is 8.46. The van der Waals surface area contributed by atoms with Gasteiger partial charge >= 0.3 is 11.9 Å². The van der Waals surface area contributed by atoms with Gasteiger partial charge in [0.1, 0.15) is 12.1 Å². The van der Waals surface area contributed by atoms with Crippen molar-refractivity contribution in [3.05, 3.63) is 58.7 Å². The lowest BCUT2D eigenvalue weighted by molar-refractivity contribution is -0.143. The molecule has 2 atom stereocenters. The Labute approximate surface area is 218 Å². The molecule has 0 saturated heterocycles. The van der Waals surface area contributed by atoms with Gasteiger partial charge in [-0.05, 0) is 26.0 Å². The molecule has 0 heterocycles. The molecular weight excluding hydrogens is 496 g/mol. The Kier molecular flexibility index (Phi) is 9.05. The number of amides is 2. The van der Waals surface area contributed by atoms with Crippen LogP contribution in [-0.2, 0) is 28.7 Å². The van der Waals surface area contributed by atoms with Crippen molar-refractivity contribution < 1.29 is 38.2 Å². The van der Waals surface area contributed by atoms with E-state index in [9.17, 15) is 28.8 Å². The van der Waals surface area contributed by atoms with E-state index in [0.717, 1.165) is 0 Å². The number of carbonyl (C=O) groups is 6. The standard InChI is InChI=1S/C26H28N4O8/c1-13(25(35)37-3)27-11-19(31)29-17-9-5-7-15-21(17)24(34)22-16(23(15)33)8-6-10-18(22)30-20(32)12-28-14(2)26(36)38-4/h5-10,13-14,27-28H,11-12H2,1-4H3,(H,29,31)(H,30,32)/t13-,14+. The van der Waals surface area contributed by atoms with E-state index in [0.29, 0.717) is 0 Å². The third kappa shape index (κ3) is 6.10. The average molecular weight is 525 g/mol. The minimum absolute atomic E-state index is 0.0153. The fourth-order valence-corrected chi connectivity index (χ4v) is 3.85. The van der Waals surface area contributed by atoms with E-state index in [1.165, 1.54) is 64.5 Å². The van der Waals surface area contributed by atoms with Gasteiger partial charge in [-0.2, -0.15) is 0 Å². The molecule has 2 amide bonds. The number of rotatable bonds is 10. The Morgan fingerprint density at radius 3 is 1.45 bits per heavy atom. The van der Waals surface area contributed by atoms with Crippen LogP contribution in [0.15, 0.2) is 36.4 Å². The number of hydrogen-bond acceptors (Lipinski definition) is 10. The molecule has 0 spiro atoms. The second kappa shape index (κ2) is 12.2. The SMILES string of the molecule is COC(=O)[C@H](C)NCC(=O)Nc1cccc2c1C(=O)c1c(NC(=O)CN[C@H](C)C(=O)OC)cccc1C2=O. The minimum atomic E-state index is -0.734. The number of ketones is 2. The largest absolute Gasteiger partial charge is 0.468 e. The summed E-state index contributed by atoms with van der Waals surface area (Å²) in [6.07, 6.45) is 0. The molecule has 200 valence electrons. The van der Waals surface area contributed by atoms with Crippen LogP contribution in [0.25, 0.3) is 0 Å². The summed E-state index contributed by atoms with van der Waals surface area (Å²) in [6.45, 7) is 2.56. The molecule has 0 aliphatic heterocycles. The lowest BCUT2D eigenvalue weighted by Crippen LogP contribution is -2.40. The zero-order valence-corrected chi connectivity index (χ0v) is 21.3. The topological polar surface area (TPSA) is 169 Å². The number of ether oxygens (including phenoxy) is 2. The number of anilines is 2. The predicted molar refractivity (Wildman–Crippen MR) is 136 cm³/mol. The molecule has 0 unspecified atom stereocenters. The van der Waals surface area contributed by atoms with E-state index in [1.807, 2.05) is 0 Å². The van der Waals surface area contributed by atoms with Crippen molar-refractivity contribution in [2.24, 2.45) is 0 Å². The van der Waals surface area contributed by atoms with E-state index >= 15 is 0 Å². The summed E-state index contributed by atoms with van der Waals surface area (Å²) in [4.78, 5) is 75.1. The van der Waals surface area contributed by atoms with Gasteiger partial charge in [0.2, 0.25) is 11.8 Å². The van der Waals surface area contributed by atoms with Crippen LogP contribution in [0.1, 0.15) is 45.7 Å². The fraction of sp³-hybridized carbons (Fsp3) is 0.308. The van der Waals surface area contributed by atoms with Crippen LogP contribution in [0.5, 0.6) is 0 Å². The van der Waals surface area contributed by atoms with Crippen molar-refractivity contribution in [1.82, 2.24) is 10.6 Å². The summed E-state index contributed by atoms with van der Waals surface area (Å²) >= 11 is 0. The van der Waals surface area contributed by atoms with Crippen molar-refractivity contribution in [1.29, 1.82) is 0 Å². The van der Waals surface area contributed by atoms with Gasteiger partial charge in [-0.25, -0.2) is 0 Å². The molecule has 3 rings (SSSR count). The molecule has 0 fully saturated rings. The van der Waals surface area contributed by atoms with E-state index in [2.05, 4.69) is 30.7 Å². The number of esters is 2. The highest BCUT2D eigenvalue weighted by atomic mass is 16.5. The number of fused-ring (bicyclic) bond motifs is 2. The third-order valence-corrected chi connectivity index (χ3v) is 5.87. The Morgan fingerprint density at radius 2 is 1.08 bits per heavy atom. The molecule has 0 saturated carbocycles. The van der Waals surface area contributed by atoms with Crippen molar-refractivity contribution in [2.45, 2.75) is 25.9 Å². The lowest BCUT2D eigenvalue weighted by atomic mass is 9.82. The molecule has 12 nitrogen and oxygen atoms in total. The first-order valence-corrected chi connectivity index (χ1v) is 11.7. The highest BCUT2D eigenvalue weighted by Gasteiger charge is 2.34. The number of methoxy groups -OCH3 is 2. The van der Waals surface area contributed by atoms with Crippen molar-refractivity contribution >= 4 is 46.7 Å². The summed E-state index contributed by atoms with van der Waals surface area (Å²) in [5.41, 5.74) is 0.399. The normalized spacial score (nSPS) is 13.5. The Balaban J connectivity index is 1.83. The van der Waals surface area contributed by atoms with Gasteiger partial charge in [-0.15, -0.1) is 0 Å². The number of carbonyl (C=O) groups excluding carboxylic acids is 6. The smallest absolute Gasteiger partial charge is 0.322 e. The fourth-order valence-electron chi connectivity index (χ4n) is 3.85. The quantitative estimate of drug-likeness (QED) is 0.276. The van der Waals surface area contributed by atoms with E-state index in [1.54, 1.807) is 0 Å². The second-order valence-corrected chi connectivity index (χ2v) is 8.46. The van der Waals surface area contributed by atoms with Crippen LogP contribution in [0.3, 0.4) is 0 Å². The summed E-state index contributed by atoms with van der Waals surface area (Å²) in [5, 5.41) is 10.6. The zero-order chi connectivity index (χ0) is 28.0. The average Bonchev–Trinajstić information content (AvgIpc) is 2.92. The van der Waals surface area contributed by atoms with Crippen LogP contribution >= 0.6 is 0 Å². The maximum atomic E-state index is 13.6. The Hall–Kier alpha value is -4.42. The summed E-state index contributed by atoms with van der Waals surface area (Å²) in [5.74, 6) is -3.20. The monoisotopic (exact) mass is 524 g/mol. The van der Waals surface area contributed by atoms with E-state index < -0.39 is 47.4 Å². The van der Waals surface area contributed by atoms with Crippen LogP contribution < -0.4 is 21.3 Å². The van der Waals surface area contributed by atoms with Crippen LogP contribution in [0.2, 0.25) is 0 Å². The zero-order valence-electron chi connectivity index (χ0n) is 21.3. The van der Waals surface area contributed by atoms with Gasteiger partial charge in [0.05, 0.1) is 49.8 Å². The van der Waals surface area contributed by atoms with E-state index in [-0.39, 0.29) is 46.7 Å². The van der Waals surface area contributed by atoms with Gasteiger partial charge in [-0.1, -0.05) is 24.3 Å². The molecule has 0 aromatic heterocycles. The molecule has 4 N–H and O–H groups in total. The van der Waals surface area contributed by atoms with Gasteiger partial charge in [0.15, 0.2) is 11.6 Å². The first kappa shape index (κ1) is 28.2. The molecule has 2 aromatic carbocycles. The third-order valence-electron chi connectivity index (χ3n) is 5.87. The first-order valence-electron chi connectivity index (χ1n) is 11.7. The maximum Gasteiger partial charge on any atom is 0.322 e. The van der Waals surface area contributed by atoms with Crippen LogP contribution in [0.4, 0.5) is 11.4 Å². The van der Waals surface area contributed by atoms with Crippen LogP contribution in [0, 0.1) is 0 Å². The first-order chi connectivity index (χ1) is 18.1. The highest BCUT2D eigenvalue weighted by Crippen LogP contribution is 2.35. The highest BCUT2D eigenvalue weighted by molar-refractivity contribution is 6.32. The van der Waals surface area contributed by atoms with Crippen molar-refractivity contribution in [3.8, 4) is 0 Å². The van der Waals surface area contributed by atoms with E-state index in [4.69, 9.17) is 0 Å². The Bertz CT molecular complexity index is 1210. The molecule has 1 aliphatic rings. The van der Waals surface area contributed by atoms with Gasteiger partial charge in [0.25, 0.3) is 0 Å². The van der Waals surface area contributed by atoms with Gasteiger partial charge in [0, 0.05) is 11.1 Å². The molecule has 0 bridgehead atoms. The maximum absolute atomic E-state index is 13.6. The summed E-state index contributed by atoms with van der Waals surface area (Å²) in [7, 11) is 2.46. The molecule has 12 heteroatoms. The molecule has 1 aliphatic carbocycles. The van der Waals surface area contributed by atoms with Gasteiger partial charge < -0.3 is 20.1 Å². The summed E-state index contributed by atoms with van der Waals surface area (Å²) in [6, 6.07) is 7.53. The molecule has 0 radical (unpaired) electrons.